The van der Waals surface area contributed by atoms with E-state index in [2.05, 4.69) is 10.6 Å². The summed E-state index contributed by atoms with van der Waals surface area (Å²) in [5.74, 6) is -0.264. The molecular formula is C14H16ClF3N2O. The summed E-state index contributed by atoms with van der Waals surface area (Å²) < 4.78 is 39.0. The Morgan fingerprint density at radius 3 is 2.48 bits per heavy atom. The number of carbonyl (C=O) groups is 1. The van der Waals surface area contributed by atoms with Crippen molar-refractivity contribution in [3.63, 3.8) is 0 Å². The molecule has 116 valence electrons. The molecule has 1 fully saturated rings. The highest BCUT2D eigenvalue weighted by atomic mass is 35.5. The Morgan fingerprint density at radius 2 is 1.95 bits per heavy atom. The van der Waals surface area contributed by atoms with Crippen molar-refractivity contribution in [3.8, 4) is 0 Å². The van der Waals surface area contributed by atoms with Crippen LogP contribution in [0.1, 0.15) is 30.9 Å². The summed E-state index contributed by atoms with van der Waals surface area (Å²) in [4.78, 5) is 11.5. The topological polar surface area (TPSA) is 41.1 Å². The molecule has 0 saturated carbocycles. The smallest absolute Gasteiger partial charge is 0.347 e. The van der Waals surface area contributed by atoms with Crippen molar-refractivity contribution in [2.24, 2.45) is 0 Å². The molecule has 1 aliphatic rings. The van der Waals surface area contributed by atoms with Crippen molar-refractivity contribution >= 4 is 17.5 Å². The van der Waals surface area contributed by atoms with Crippen molar-refractivity contribution in [2.45, 2.75) is 31.5 Å². The summed E-state index contributed by atoms with van der Waals surface area (Å²) in [7, 11) is 0. The Bertz CT molecular complexity index is 540. The first-order valence-electron chi connectivity index (χ1n) is 6.61. The normalized spacial score (nSPS) is 18.3. The van der Waals surface area contributed by atoms with Crippen LogP contribution in [0, 0.1) is 0 Å². The van der Waals surface area contributed by atoms with E-state index in [0.29, 0.717) is 31.5 Å². The number of benzene rings is 1. The highest BCUT2D eigenvalue weighted by Gasteiger charge is 2.38. The van der Waals surface area contributed by atoms with E-state index < -0.39 is 17.3 Å². The third kappa shape index (κ3) is 3.49. The first-order chi connectivity index (χ1) is 9.74. The number of amides is 1. The maximum atomic E-state index is 13.0. The molecule has 0 aromatic heterocycles. The van der Waals surface area contributed by atoms with Gasteiger partial charge in [-0.3, -0.25) is 4.79 Å². The number of piperidine rings is 1. The van der Waals surface area contributed by atoms with E-state index in [1.807, 2.05) is 0 Å². The number of alkyl halides is 3. The zero-order chi connectivity index (χ0) is 15.7. The van der Waals surface area contributed by atoms with Crippen molar-refractivity contribution in [3.05, 3.63) is 34.3 Å². The van der Waals surface area contributed by atoms with Crippen LogP contribution in [-0.2, 0) is 16.5 Å². The first kappa shape index (κ1) is 16.1. The van der Waals surface area contributed by atoms with Gasteiger partial charge in [-0.25, -0.2) is 0 Å². The van der Waals surface area contributed by atoms with E-state index >= 15 is 0 Å². The van der Waals surface area contributed by atoms with Crippen LogP contribution in [0.15, 0.2) is 18.2 Å². The fourth-order valence-corrected chi connectivity index (χ4v) is 2.94. The number of hydrogen-bond donors (Lipinski definition) is 2. The Hall–Kier alpha value is -1.27. The van der Waals surface area contributed by atoms with E-state index in [9.17, 15) is 18.0 Å². The van der Waals surface area contributed by atoms with Gasteiger partial charge in [-0.15, -0.1) is 0 Å². The third-order valence-corrected chi connectivity index (χ3v) is 4.03. The second-order valence-electron chi connectivity index (χ2n) is 5.21. The fourth-order valence-electron chi connectivity index (χ4n) is 2.72. The third-order valence-electron chi connectivity index (χ3n) is 3.70. The lowest BCUT2D eigenvalue weighted by atomic mass is 9.80. The van der Waals surface area contributed by atoms with Crippen molar-refractivity contribution in [1.29, 1.82) is 0 Å². The summed E-state index contributed by atoms with van der Waals surface area (Å²) in [6.07, 6.45) is -3.45. The van der Waals surface area contributed by atoms with Gasteiger partial charge in [-0.05, 0) is 43.6 Å². The minimum Gasteiger partial charge on any atom is -0.347 e. The lowest BCUT2D eigenvalue weighted by Crippen LogP contribution is -2.51. The fraction of sp³-hybridized carbons (Fsp3) is 0.500. The summed E-state index contributed by atoms with van der Waals surface area (Å²) in [5.41, 5.74) is -1.21. The van der Waals surface area contributed by atoms with Crippen molar-refractivity contribution < 1.29 is 18.0 Å². The highest BCUT2D eigenvalue weighted by Crippen LogP contribution is 2.39. The first-order valence-corrected chi connectivity index (χ1v) is 6.99. The van der Waals surface area contributed by atoms with Crippen LogP contribution in [0.5, 0.6) is 0 Å². The predicted octanol–water partition coefficient (Wildman–Crippen LogP) is 3.07. The maximum Gasteiger partial charge on any atom is 0.417 e. The molecule has 2 N–H and O–H groups in total. The summed E-state index contributed by atoms with van der Waals surface area (Å²) in [6.45, 7) is 2.62. The molecule has 0 atom stereocenters. The monoisotopic (exact) mass is 320 g/mol. The average molecular weight is 321 g/mol. The number of halogens is 4. The van der Waals surface area contributed by atoms with Gasteiger partial charge in [0.2, 0.25) is 5.91 Å². The molecule has 0 aliphatic carbocycles. The molecule has 21 heavy (non-hydrogen) atoms. The molecule has 1 aromatic carbocycles. The Kier molecular flexibility index (Phi) is 4.49. The van der Waals surface area contributed by atoms with Gasteiger partial charge in [-0.1, -0.05) is 17.7 Å². The molecule has 0 spiro atoms. The Balaban J connectivity index is 2.48. The Morgan fingerprint density at radius 1 is 1.33 bits per heavy atom. The van der Waals surface area contributed by atoms with Gasteiger partial charge < -0.3 is 10.6 Å². The van der Waals surface area contributed by atoms with Gasteiger partial charge in [0, 0.05) is 6.92 Å². The SMILES string of the molecule is CC(=O)NC1(c2ccc(Cl)c(C(F)(F)F)c2)CCNCC1. The largest absolute Gasteiger partial charge is 0.417 e. The molecule has 2 rings (SSSR count). The van der Waals surface area contributed by atoms with E-state index in [1.165, 1.54) is 13.0 Å². The van der Waals surface area contributed by atoms with E-state index in [1.54, 1.807) is 6.07 Å². The van der Waals surface area contributed by atoms with Crippen LogP contribution in [-0.4, -0.2) is 19.0 Å². The van der Waals surface area contributed by atoms with Gasteiger partial charge in [-0.2, -0.15) is 13.2 Å². The van der Waals surface area contributed by atoms with Crippen LogP contribution in [0.4, 0.5) is 13.2 Å². The van der Waals surface area contributed by atoms with Gasteiger partial charge >= 0.3 is 6.18 Å². The molecular weight excluding hydrogens is 305 g/mol. The summed E-state index contributed by atoms with van der Waals surface area (Å²) in [6, 6.07) is 3.84. The molecule has 1 saturated heterocycles. The van der Waals surface area contributed by atoms with Crippen LogP contribution in [0.2, 0.25) is 5.02 Å². The van der Waals surface area contributed by atoms with Crippen molar-refractivity contribution in [2.75, 3.05) is 13.1 Å². The number of rotatable bonds is 2. The zero-order valence-corrected chi connectivity index (χ0v) is 12.2. The quantitative estimate of drug-likeness (QED) is 0.879. The lowest BCUT2D eigenvalue weighted by molar-refractivity contribution is -0.137. The van der Waals surface area contributed by atoms with E-state index in [0.717, 1.165) is 6.07 Å². The van der Waals surface area contributed by atoms with Gasteiger partial charge in [0.1, 0.15) is 0 Å². The molecule has 7 heteroatoms. The summed E-state index contributed by atoms with van der Waals surface area (Å²) >= 11 is 5.65. The number of hydrogen-bond acceptors (Lipinski definition) is 2. The Labute approximate surface area is 125 Å². The molecule has 1 aliphatic heterocycles. The predicted molar refractivity (Wildman–Crippen MR) is 74.1 cm³/mol. The molecule has 1 amide bonds. The van der Waals surface area contributed by atoms with Crippen LogP contribution >= 0.6 is 11.6 Å². The van der Waals surface area contributed by atoms with Gasteiger partial charge in [0.05, 0.1) is 16.1 Å². The van der Waals surface area contributed by atoms with Crippen LogP contribution < -0.4 is 10.6 Å². The molecule has 3 nitrogen and oxygen atoms in total. The second kappa shape index (κ2) is 5.85. The minimum atomic E-state index is -4.52. The molecule has 0 unspecified atom stereocenters. The average Bonchev–Trinajstić information content (AvgIpc) is 2.38. The molecule has 1 aromatic rings. The van der Waals surface area contributed by atoms with E-state index in [-0.39, 0.29) is 10.9 Å². The molecule has 0 bridgehead atoms. The molecule has 1 heterocycles. The lowest BCUT2D eigenvalue weighted by Gasteiger charge is -2.39. The maximum absolute atomic E-state index is 13.0. The van der Waals surface area contributed by atoms with Crippen LogP contribution in [0.25, 0.3) is 0 Å². The standard InChI is InChI=1S/C14H16ClF3N2O/c1-9(21)20-13(4-6-19-7-5-13)10-2-3-12(15)11(8-10)14(16,17)18/h2-3,8,19H,4-7H2,1H3,(H,20,21). The number of nitrogens with one attached hydrogen (secondary N) is 2. The minimum absolute atomic E-state index is 0.264. The zero-order valence-electron chi connectivity index (χ0n) is 11.5. The summed E-state index contributed by atoms with van der Waals surface area (Å²) in [5, 5.41) is 5.62. The number of carbonyl (C=O) groups excluding carboxylic acids is 1. The van der Waals surface area contributed by atoms with Crippen molar-refractivity contribution in [1.82, 2.24) is 10.6 Å². The molecule has 0 radical (unpaired) electrons. The second-order valence-corrected chi connectivity index (χ2v) is 5.61. The van der Waals surface area contributed by atoms with Gasteiger partial charge in [0.25, 0.3) is 0 Å². The van der Waals surface area contributed by atoms with Gasteiger partial charge in [0.15, 0.2) is 0 Å². The highest BCUT2D eigenvalue weighted by molar-refractivity contribution is 6.31. The van der Waals surface area contributed by atoms with E-state index in [4.69, 9.17) is 11.6 Å². The van der Waals surface area contributed by atoms with Crippen LogP contribution in [0.3, 0.4) is 0 Å².